The van der Waals surface area contributed by atoms with Gasteiger partial charge in [-0.1, -0.05) is 67.8 Å². The number of rotatable bonds is 2. The molecule has 4 fully saturated rings. The highest BCUT2D eigenvalue weighted by atomic mass is 16.5. The first-order chi connectivity index (χ1) is 18.3. The Morgan fingerprint density at radius 2 is 1.89 bits per heavy atom. The molecule has 7 rings (SSSR count). The van der Waals surface area contributed by atoms with Crippen LogP contribution in [0.1, 0.15) is 91.0 Å². The van der Waals surface area contributed by atoms with E-state index in [4.69, 9.17) is 4.74 Å². The van der Waals surface area contributed by atoms with Gasteiger partial charge in [0.15, 0.2) is 5.78 Å². The quantitative estimate of drug-likeness (QED) is 0.383. The van der Waals surface area contributed by atoms with Gasteiger partial charge in [0.25, 0.3) is 0 Å². The molecule has 204 valence electrons. The van der Waals surface area contributed by atoms with Gasteiger partial charge in [-0.2, -0.15) is 0 Å². The minimum atomic E-state index is -0.00780. The largest absolute Gasteiger partial charge is 0.369 e. The molecule has 38 heavy (non-hydrogen) atoms. The molecular weight excluding hydrogens is 466 g/mol. The number of ether oxygens (including phenoxy) is 1. The van der Waals surface area contributed by atoms with E-state index in [0.29, 0.717) is 29.8 Å². The maximum absolute atomic E-state index is 12.2. The van der Waals surface area contributed by atoms with Crippen molar-refractivity contribution in [2.45, 2.75) is 110 Å². The SMILES string of the molecule is CC1=C2C[C@H]3[C@@H](CCC4=CC(=O)CC[C@@]43C)[C@@H]2CC[C@@]2(C1)O[C@@H]1C[C@H](C)CN(Cc3ccccc3)[C@H]1[C@H]2C. The van der Waals surface area contributed by atoms with E-state index in [1.807, 2.05) is 6.08 Å². The lowest BCUT2D eigenvalue weighted by atomic mass is 9.56. The molecule has 1 spiro atoms. The van der Waals surface area contributed by atoms with Crippen molar-refractivity contribution in [3.05, 3.63) is 58.7 Å². The van der Waals surface area contributed by atoms with Gasteiger partial charge in [0.1, 0.15) is 0 Å². The van der Waals surface area contributed by atoms with E-state index in [2.05, 4.69) is 62.9 Å². The van der Waals surface area contributed by atoms with Crippen molar-refractivity contribution in [2.75, 3.05) is 6.54 Å². The molecule has 9 atom stereocenters. The predicted octanol–water partition coefficient (Wildman–Crippen LogP) is 7.51. The third kappa shape index (κ3) is 3.85. The summed E-state index contributed by atoms with van der Waals surface area (Å²) in [5.74, 6) is 3.85. The maximum Gasteiger partial charge on any atom is 0.155 e. The first kappa shape index (κ1) is 25.3. The number of hydrogen-bond donors (Lipinski definition) is 0. The lowest BCUT2D eigenvalue weighted by Gasteiger charge is -2.48. The lowest BCUT2D eigenvalue weighted by molar-refractivity contribution is -0.116. The van der Waals surface area contributed by atoms with Gasteiger partial charge in [0, 0.05) is 31.5 Å². The summed E-state index contributed by atoms with van der Waals surface area (Å²) in [5.41, 5.74) is 6.58. The van der Waals surface area contributed by atoms with Crippen LogP contribution < -0.4 is 0 Å². The monoisotopic (exact) mass is 513 g/mol. The van der Waals surface area contributed by atoms with Gasteiger partial charge in [-0.3, -0.25) is 9.69 Å². The fourth-order valence-electron chi connectivity index (χ4n) is 10.5. The molecule has 2 saturated carbocycles. The number of hydrogen-bond acceptors (Lipinski definition) is 3. The highest BCUT2D eigenvalue weighted by molar-refractivity contribution is 5.91. The summed E-state index contributed by atoms with van der Waals surface area (Å²) in [4.78, 5) is 15.0. The van der Waals surface area contributed by atoms with Crippen LogP contribution in [-0.4, -0.2) is 35.0 Å². The van der Waals surface area contributed by atoms with Crippen molar-refractivity contribution in [3.63, 3.8) is 0 Å². The molecule has 0 bridgehead atoms. The van der Waals surface area contributed by atoms with E-state index in [0.717, 1.165) is 50.0 Å². The van der Waals surface area contributed by atoms with Crippen molar-refractivity contribution in [2.24, 2.45) is 35.0 Å². The van der Waals surface area contributed by atoms with Gasteiger partial charge in [-0.05, 0) is 99.0 Å². The smallest absolute Gasteiger partial charge is 0.155 e. The number of allylic oxidation sites excluding steroid dienone is 3. The zero-order valence-corrected chi connectivity index (χ0v) is 24.0. The molecule has 0 N–H and O–H groups in total. The molecule has 2 heterocycles. The maximum atomic E-state index is 12.2. The third-order valence-electron chi connectivity index (χ3n) is 12.4. The van der Waals surface area contributed by atoms with Crippen molar-refractivity contribution >= 4 is 5.78 Å². The highest BCUT2D eigenvalue weighted by Crippen LogP contribution is 2.64. The molecule has 1 aromatic rings. The zero-order valence-electron chi connectivity index (χ0n) is 24.0. The summed E-state index contributed by atoms with van der Waals surface area (Å²) < 4.78 is 7.29. The van der Waals surface area contributed by atoms with Crippen LogP contribution in [0, 0.1) is 35.0 Å². The van der Waals surface area contributed by atoms with Gasteiger partial charge in [0.05, 0.1) is 11.7 Å². The molecule has 0 unspecified atom stereocenters. The zero-order chi connectivity index (χ0) is 26.2. The van der Waals surface area contributed by atoms with Crippen molar-refractivity contribution in [1.29, 1.82) is 0 Å². The summed E-state index contributed by atoms with van der Waals surface area (Å²) in [7, 11) is 0. The molecule has 2 aliphatic heterocycles. The van der Waals surface area contributed by atoms with Crippen LogP contribution in [0.15, 0.2) is 53.1 Å². The van der Waals surface area contributed by atoms with E-state index >= 15 is 0 Å². The predicted molar refractivity (Wildman–Crippen MR) is 152 cm³/mol. The van der Waals surface area contributed by atoms with Crippen LogP contribution in [0.25, 0.3) is 0 Å². The summed E-state index contributed by atoms with van der Waals surface area (Å²) >= 11 is 0. The van der Waals surface area contributed by atoms with Crippen LogP contribution in [-0.2, 0) is 16.1 Å². The Labute approximate surface area is 230 Å². The second kappa shape index (κ2) is 9.16. The second-order valence-corrected chi connectivity index (χ2v) is 14.5. The molecule has 0 aromatic heterocycles. The minimum absolute atomic E-state index is 0.00780. The van der Waals surface area contributed by atoms with E-state index in [-0.39, 0.29) is 11.0 Å². The fraction of sp³-hybridized carbons (Fsp3) is 0.686. The molecule has 0 amide bonds. The number of benzene rings is 1. The van der Waals surface area contributed by atoms with Crippen molar-refractivity contribution in [1.82, 2.24) is 4.90 Å². The van der Waals surface area contributed by atoms with Gasteiger partial charge >= 0.3 is 0 Å². The van der Waals surface area contributed by atoms with E-state index in [1.54, 1.807) is 11.1 Å². The Bertz CT molecular complexity index is 1170. The number of nitrogens with zero attached hydrogens (tertiary/aromatic N) is 1. The fourth-order valence-corrected chi connectivity index (χ4v) is 10.5. The number of ketones is 1. The number of carbonyl (C=O) groups excluding carboxylic acids is 1. The number of piperidine rings is 1. The van der Waals surface area contributed by atoms with Gasteiger partial charge in [-0.25, -0.2) is 0 Å². The van der Waals surface area contributed by atoms with Crippen LogP contribution in [0.2, 0.25) is 0 Å². The van der Waals surface area contributed by atoms with E-state index in [9.17, 15) is 4.79 Å². The van der Waals surface area contributed by atoms with Gasteiger partial charge in [0.2, 0.25) is 0 Å². The van der Waals surface area contributed by atoms with Crippen LogP contribution in [0.3, 0.4) is 0 Å². The number of fused-ring (bicyclic) bond motifs is 6. The third-order valence-corrected chi connectivity index (χ3v) is 12.4. The molecule has 3 nitrogen and oxygen atoms in total. The topological polar surface area (TPSA) is 29.5 Å². The second-order valence-electron chi connectivity index (χ2n) is 14.5. The number of likely N-dealkylation sites (tertiary alicyclic amines) is 1. The Hall–Kier alpha value is -1.71. The first-order valence-corrected chi connectivity index (χ1v) is 15.7. The van der Waals surface area contributed by atoms with Gasteiger partial charge in [-0.15, -0.1) is 0 Å². The molecule has 1 aromatic carbocycles. The molecule has 0 radical (unpaired) electrons. The Kier molecular flexibility index (Phi) is 6.09. The average Bonchev–Trinajstić information content (AvgIpc) is 3.35. The Morgan fingerprint density at radius 3 is 2.71 bits per heavy atom. The summed E-state index contributed by atoms with van der Waals surface area (Å²) in [5, 5.41) is 0. The molecule has 4 aliphatic carbocycles. The van der Waals surface area contributed by atoms with E-state index < -0.39 is 0 Å². The Balaban J connectivity index is 1.16. The summed E-state index contributed by atoms with van der Waals surface area (Å²) in [6, 6.07) is 11.6. The Morgan fingerprint density at radius 1 is 1.08 bits per heavy atom. The van der Waals surface area contributed by atoms with Crippen LogP contribution in [0.4, 0.5) is 0 Å². The molecular formula is C35H47NO2. The van der Waals surface area contributed by atoms with Crippen molar-refractivity contribution in [3.8, 4) is 0 Å². The standard InChI is InChI=1S/C35H47NO2/c1-22-16-32-33(36(20-22)21-25-8-6-5-7-9-25)24(3)35(38-32)15-13-28-29-11-10-26-17-27(37)12-14-34(26,4)31(29)18-30(28)23(2)19-35/h5-9,17,22,24,28-29,31-33H,10-16,18-21H2,1-4H3/t22-,24+,28-,29-,31-,32+,33-,34-,35-/m0/s1. The lowest BCUT2D eigenvalue weighted by Crippen LogP contribution is -2.51. The minimum Gasteiger partial charge on any atom is -0.369 e. The highest BCUT2D eigenvalue weighted by Gasteiger charge is 2.59. The molecule has 2 saturated heterocycles. The number of carbonyl (C=O) groups is 1. The first-order valence-electron chi connectivity index (χ1n) is 15.7. The van der Waals surface area contributed by atoms with Crippen LogP contribution in [0.5, 0.6) is 0 Å². The normalized spacial score (nSPS) is 44.8. The molecule has 6 aliphatic rings. The van der Waals surface area contributed by atoms with Crippen LogP contribution >= 0.6 is 0 Å². The summed E-state index contributed by atoms with van der Waals surface area (Å²) in [6.07, 6.45) is 12.7. The van der Waals surface area contributed by atoms with Gasteiger partial charge < -0.3 is 4.74 Å². The molecule has 3 heteroatoms. The summed E-state index contributed by atoms with van der Waals surface area (Å²) in [6.45, 7) is 12.1. The average molecular weight is 514 g/mol. The van der Waals surface area contributed by atoms with E-state index in [1.165, 1.54) is 49.8 Å². The van der Waals surface area contributed by atoms with Crippen molar-refractivity contribution < 1.29 is 9.53 Å².